The molecule has 1 aromatic heterocycles. The van der Waals surface area contributed by atoms with Crippen LogP contribution in [0.4, 0.5) is 0 Å². The van der Waals surface area contributed by atoms with Crippen molar-refractivity contribution >= 4 is 11.6 Å². The van der Waals surface area contributed by atoms with Crippen molar-refractivity contribution in [3.05, 3.63) is 71.5 Å². The maximum atomic E-state index is 9.58. The molecule has 0 aliphatic heterocycles. The number of benzene rings is 2. The van der Waals surface area contributed by atoms with E-state index in [9.17, 15) is 5.11 Å². The second kappa shape index (κ2) is 5.72. The molecule has 2 aromatic carbocycles. The zero-order valence-electron chi connectivity index (χ0n) is 11.6. The van der Waals surface area contributed by atoms with Gasteiger partial charge in [0.2, 0.25) is 0 Å². The number of rotatable bonds is 3. The Kier molecular flexibility index (Phi) is 3.78. The lowest BCUT2D eigenvalue weighted by molar-refractivity contribution is 0.199. The Morgan fingerprint density at radius 2 is 1.86 bits per heavy atom. The van der Waals surface area contributed by atoms with E-state index in [4.69, 9.17) is 11.6 Å². The third kappa shape index (κ3) is 2.84. The molecule has 3 nitrogen and oxygen atoms in total. The summed E-state index contributed by atoms with van der Waals surface area (Å²) in [7, 11) is 0. The SMILES string of the molecule is C[C@H](O)c1ccc(-n2cc(-c3ccccc3)cn2)c(Cl)c1. The van der Waals surface area contributed by atoms with Crippen molar-refractivity contribution in [2.45, 2.75) is 13.0 Å². The summed E-state index contributed by atoms with van der Waals surface area (Å²) >= 11 is 6.29. The van der Waals surface area contributed by atoms with Crippen LogP contribution in [0.3, 0.4) is 0 Å². The van der Waals surface area contributed by atoms with Crippen LogP contribution in [0.1, 0.15) is 18.6 Å². The fourth-order valence-corrected chi connectivity index (χ4v) is 2.48. The molecule has 21 heavy (non-hydrogen) atoms. The highest BCUT2D eigenvalue weighted by atomic mass is 35.5. The molecule has 0 aliphatic rings. The first-order chi connectivity index (χ1) is 10.1. The predicted molar refractivity (Wildman–Crippen MR) is 84.6 cm³/mol. The lowest BCUT2D eigenvalue weighted by Gasteiger charge is -2.09. The summed E-state index contributed by atoms with van der Waals surface area (Å²) in [5, 5.41) is 14.5. The fraction of sp³-hybridized carbons (Fsp3) is 0.118. The van der Waals surface area contributed by atoms with Crippen molar-refractivity contribution in [2.24, 2.45) is 0 Å². The van der Waals surface area contributed by atoms with Gasteiger partial charge in [0.1, 0.15) is 0 Å². The van der Waals surface area contributed by atoms with E-state index in [1.54, 1.807) is 17.7 Å². The molecule has 1 atom stereocenters. The molecule has 106 valence electrons. The van der Waals surface area contributed by atoms with E-state index in [-0.39, 0.29) is 0 Å². The van der Waals surface area contributed by atoms with Gasteiger partial charge in [-0.1, -0.05) is 48.0 Å². The summed E-state index contributed by atoms with van der Waals surface area (Å²) in [6.45, 7) is 1.72. The first-order valence-electron chi connectivity index (χ1n) is 6.73. The van der Waals surface area contributed by atoms with E-state index >= 15 is 0 Å². The quantitative estimate of drug-likeness (QED) is 0.785. The molecule has 3 rings (SSSR count). The minimum Gasteiger partial charge on any atom is -0.389 e. The van der Waals surface area contributed by atoms with Crippen LogP contribution in [0.2, 0.25) is 5.02 Å². The van der Waals surface area contributed by atoms with Crippen molar-refractivity contribution in [1.82, 2.24) is 9.78 Å². The van der Waals surface area contributed by atoms with E-state index < -0.39 is 6.10 Å². The Morgan fingerprint density at radius 1 is 1.10 bits per heavy atom. The number of hydrogen-bond donors (Lipinski definition) is 1. The smallest absolute Gasteiger partial charge is 0.0832 e. The third-order valence-electron chi connectivity index (χ3n) is 3.39. The van der Waals surface area contributed by atoms with Crippen LogP contribution in [0.15, 0.2) is 60.9 Å². The Bertz CT molecular complexity index is 750. The molecule has 0 saturated carbocycles. The lowest BCUT2D eigenvalue weighted by Crippen LogP contribution is -1.97. The summed E-state index contributed by atoms with van der Waals surface area (Å²) in [6.07, 6.45) is 3.22. The van der Waals surface area contributed by atoms with Crippen LogP contribution in [-0.4, -0.2) is 14.9 Å². The average molecular weight is 299 g/mol. The Hall–Kier alpha value is -2.10. The van der Waals surface area contributed by atoms with Crippen LogP contribution < -0.4 is 0 Å². The Morgan fingerprint density at radius 3 is 2.52 bits per heavy atom. The number of halogens is 1. The highest BCUT2D eigenvalue weighted by Crippen LogP contribution is 2.26. The molecule has 0 spiro atoms. The van der Waals surface area contributed by atoms with Crippen LogP contribution in [-0.2, 0) is 0 Å². The van der Waals surface area contributed by atoms with E-state index in [2.05, 4.69) is 5.10 Å². The highest BCUT2D eigenvalue weighted by molar-refractivity contribution is 6.32. The summed E-state index contributed by atoms with van der Waals surface area (Å²) in [5.74, 6) is 0. The zero-order chi connectivity index (χ0) is 14.8. The van der Waals surface area contributed by atoms with Crippen molar-refractivity contribution in [3.8, 4) is 16.8 Å². The normalized spacial score (nSPS) is 12.3. The molecule has 3 aromatic rings. The fourth-order valence-electron chi connectivity index (χ4n) is 2.20. The summed E-state index contributed by atoms with van der Waals surface area (Å²) in [5.41, 5.74) is 3.73. The maximum absolute atomic E-state index is 9.58. The van der Waals surface area contributed by atoms with Crippen LogP contribution in [0.5, 0.6) is 0 Å². The Labute approximate surface area is 128 Å². The number of aliphatic hydroxyl groups is 1. The van der Waals surface area contributed by atoms with Gasteiger partial charge in [-0.2, -0.15) is 5.10 Å². The zero-order valence-corrected chi connectivity index (χ0v) is 12.3. The summed E-state index contributed by atoms with van der Waals surface area (Å²) in [6, 6.07) is 15.6. The minimum atomic E-state index is -0.533. The topological polar surface area (TPSA) is 38.0 Å². The van der Waals surface area contributed by atoms with Gasteiger partial charge in [-0.05, 0) is 30.2 Å². The largest absolute Gasteiger partial charge is 0.389 e. The molecule has 0 amide bonds. The van der Waals surface area contributed by atoms with E-state index in [0.717, 1.165) is 22.4 Å². The van der Waals surface area contributed by atoms with Crippen molar-refractivity contribution in [2.75, 3.05) is 0 Å². The molecule has 4 heteroatoms. The predicted octanol–water partition coefficient (Wildman–Crippen LogP) is 4.25. The van der Waals surface area contributed by atoms with Gasteiger partial charge < -0.3 is 5.11 Å². The van der Waals surface area contributed by atoms with Crippen LogP contribution >= 0.6 is 11.6 Å². The molecule has 0 bridgehead atoms. The maximum Gasteiger partial charge on any atom is 0.0832 e. The van der Waals surface area contributed by atoms with Crippen molar-refractivity contribution in [3.63, 3.8) is 0 Å². The third-order valence-corrected chi connectivity index (χ3v) is 3.69. The van der Waals surface area contributed by atoms with Gasteiger partial charge in [-0.25, -0.2) is 4.68 Å². The van der Waals surface area contributed by atoms with Gasteiger partial charge in [0.05, 0.1) is 23.0 Å². The molecule has 0 aliphatic carbocycles. The van der Waals surface area contributed by atoms with Gasteiger partial charge in [-0.15, -0.1) is 0 Å². The van der Waals surface area contributed by atoms with Crippen LogP contribution in [0, 0.1) is 0 Å². The van der Waals surface area contributed by atoms with Crippen molar-refractivity contribution in [1.29, 1.82) is 0 Å². The molecular weight excluding hydrogens is 284 g/mol. The second-order valence-corrected chi connectivity index (χ2v) is 5.33. The molecule has 1 heterocycles. The number of nitrogens with zero attached hydrogens (tertiary/aromatic N) is 2. The first-order valence-corrected chi connectivity index (χ1v) is 7.11. The molecule has 0 radical (unpaired) electrons. The van der Waals surface area contributed by atoms with Crippen molar-refractivity contribution < 1.29 is 5.11 Å². The summed E-state index contributed by atoms with van der Waals surface area (Å²) in [4.78, 5) is 0. The molecule has 0 unspecified atom stereocenters. The molecule has 1 N–H and O–H groups in total. The lowest BCUT2D eigenvalue weighted by atomic mass is 10.1. The Balaban J connectivity index is 1.97. The summed E-state index contributed by atoms with van der Waals surface area (Å²) < 4.78 is 1.75. The monoisotopic (exact) mass is 298 g/mol. The van der Waals surface area contributed by atoms with Gasteiger partial charge in [0.25, 0.3) is 0 Å². The number of hydrogen-bond acceptors (Lipinski definition) is 2. The molecule has 0 fully saturated rings. The van der Waals surface area contributed by atoms with Gasteiger partial charge >= 0.3 is 0 Å². The average Bonchev–Trinajstić information content (AvgIpc) is 2.97. The van der Waals surface area contributed by atoms with E-state index in [0.29, 0.717) is 5.02 Å². The first kappa shape index (κ1) is 13.9. The number of aromatic nitrogens is 2. The van der Waals surface area contributed by atoms with Gasteiger partial charge in [0.15, 0.2) is 0 Å². The standard InChI is InChI=1S/C17H15ClN2O/c1-12(21)14-7-8-17(16(18)9-14)20-11-15(10-19-20)13-5-3-2-4-6-13/h2-12,21H,1H3/t12-/m0/s1. The van der Waals surface area contributed by atoms with E-state index in [1.165, 1.54) is 0 Å². The van der Waals surface area contributed by atoms with E-state index in [1.807, 2.05) is 54.9 Å². The number of aliphatic hydroxyl groups excluding tert-OH is 1. The highest BCUT2D eigenvalue weighted by Gasteiger charge is 2.09. The molecule has 0 saturated heterocycles. The molecular formula is C17H15ClN2O. The van der Waals surface area contributed by atoms with Crippen LogP contribution in [0.25, 0.3) is 16.8 Å². The van der Waals surface area contributed by atoms with Gasteiger partial charge in [0, 0.05) is 11.8 Å². The van der Waals surface area contributed by atoms with Gasteiger partial charge in [-0.3, -0.25) is 0 Å². The second-order valence-electron chi connectivity index (χ2n) is 4.93. The minimum absolute atomic E-state index is 0.533.